The lowest BCUT2D eigenvalue weighted by Gasteiger charge is -2.07. The summed E-state index contributed by atoms with van der Waals surface area (Å²) in [7, 11) is 0. The van der Waals surface area contributed by atoms with Crippen molar-refractivity contribution in [1.82, 2.24) is 0 Å². The van der Waals surface area contributed by atoms with Crippen molar-refractivity contribution in [2.45, 2.75) is 62.9 Å². The summed E-state index contributed by atoms with van der Waals surface area (Å²) in [5.74, 6) is 0.810. The number of rotatable bonds is 18. The number of hydrogen-bond donors (Lipinski definition) is 2. The Bertz CT molecular complexity index is 886. The topological polar surface area (TPSA) is 93.1 Å². The van der Waals surface area contributed by atoms with E-state index >= 15 is 0 Å². The normalized spacial score (nSPS) is 10.8. The van der Waals surface area contributed by atoms with Crippen molar-refractivity contribution in [3.63, 3.8) is 0 Å². The number of esters is 2. The molecule has 0 aromatic heterocycles. The van der Waals surface area contributed by atoms with Crippen molar-refractivity contribution in [2.75, 3.05) is 26.4 Å². The molecule has 0 saturated heterocycles. The molecule has 6 nitrogen and oxygen atoms in total. The maximum atomic E-state index is 12.2. The van der Waals surface area contributed by atoms with Crippen molar-refractivity contribution < 1.29 is 29.3 Å². The second-order valence-corrected chi connectivity index (χ2v) is 11.9. The molecule has 9 heteroatoms. The molecule has 0 aliphatic rings. The summed E-state index contributed by atoms with van der Waals surface area (Å²) in [6, 6.07) is 14.8. The van der Waals surface area contributed by atoms with Crippen molar-refractivity contribution in [3.05, 3.63) is 70.8 Å². The van der Waals surface area contributed by atoms with Gasteiger partial charge in [-0.2, -0.15) is 0 Å². The highest BCUT2D eigenvalue weighted by Gasteiger charge is 2.09. The van der Waals surface area contributed by atoms with Crippen LogP contribution in [0.4, 0.5) is 0 Å². The quantitative estimate of drug-likeness (QED) is 0.116. The van der Waals surface area contributed by atoms with Gasteiger partial charge in [0.25, 0.3) is 0 Å². The Labute approximate surface area is 239 Å². The minimum Gasteiger partial charge on any atom is -0.462 e. The van der Waals surface area contributed by atoms with Crippen LogP contribution in [0.2, 0.25) is 0 Å². The van der Waals surface area contributed by atoms with E-state index < -0.39 is 0 Å². The first-order valence-corrected chi connectivity index (χ1v) is 15.4. The van der Waals surface area contributed by atoms with E-state index in [0.29, 0.717) is 24.3 Å². The first-order valence-electron chi connectivity index (χ1n) is 13.1. The standard InChI is InChI=1S/C29H38O6S3/c30-17-5-1-3-7-19-34-27(32)25-13-9-23(10-14-25)21-37-29(36)38-22-24-11-15-26(16-12-24)28(33)35-20-8-4-2-6-18-31/h9-16,30-31H,1-8,17-22H2. The molecule has 0 bridgehead atoms. The van der Waals surface area contributed by atoms with E-state index in [1.807, 2.05) is 24.3 Å². The first-order chi connectivity index (χ1) is 18.5. The van der Waals surface area contributed by atoms with Gasteiger partial charge in [-0.05, 0) is 73.9 Å². The molecule has 0 spiro atoms. The molecule has 0 aliphatic heterocycles. The molecule has 0 aliphatic carbocycles. The molecule has 38 heavy (non-hydrogen) atoms. The van der Waals surface area contributed by atoms with E-state index in [1.54, 1.807) is 47.8 Å². The van der Waals surface area contributed by atoms with Gasteiger partial charge < -0.3 is 19.7 Å². The van der Waals surface area contributed by atoms with Gasteiger partial charge >= 0.3 is 11.9 Å². The lowest BCUT2D eigenvalue weighted by atomic mass is 10.1. The second kappa shape index (κ2) is 20.1. The van der Waals surface area contributed by atoms with Crippen LogP contribution in [-0.4, -0.2) is 52.1 Å². The highest BCUT2D eigenvalue weighted by Crippen LogP contribution is 2.25. The van der Waals surface area contributed by atoms with Gasteiger partial charge in [-0.1, -0.05) is 49.3 Å². The van der Waals surface area contributed by atoms with E-state index in [-0.39, 0.29) is 25.2 Å². The number of aliphatic hydroxyl groups is 2. The molecule has 0 atom stereocenters. The van der Waals surface area contributed by atoms with Crippen LogP contribution in [0, 0.1) is 0 Å². The summed E-state index contributed by atoms with van der Waals surface area (Å²) in [5.41, 5.74) is 3.23. The van der Waals surface area contributed by atoms with Crippen molar-refractivity contribution in [2.24, 2.45) is 0 Å². The molecule has 0 radical (unpaired) electrons. The average molecular weight is 579 g/mol. The molecular weight excluding hydrogens is 541 g/mol. The first kappa shape index (κ1) is 32.3. The summed E-state index contributed by atoms with van der Waals surface area (Å²) in [4.78, 5) is 24.3. The number of unbranched alkanes of at least 4 members (excludes halogenated alkanes) is 6. The number of carbonyl (C=O) groups is 2. The molecule has 2 rings (SSSR count). The van der Waals surface area contributed by atoms with Gasteiger partial charge in [0.05, 0.1) is 24.3 Å². The number of ether oxygens (including phenoxy) is 2. The number of benzene rings is 2. The van der Waals surface area contributed by atoms with Gasteiger partial charge in [0.15, 0.2) is 0 Å². The van der Waals surface area contributed by atoms with Gasteiger partial charge in [0.1, 0.15) is 3.53 Å². The lowest BCUT2D eigenvalue weighted by molar-refractivity contribution is 0.0488. The molecule has 2 aromatic rings. The van der Waals surface area contributed by atoms with Crippen LogP contribution in [0.25, 0.3) is 0 Å². The minimum atomic E-state index is -0.314. The zero-order chi connectivity index (χ0) is 27.4. The average Bonchev–Trinajstić information content (AvgIpc) is 2.94. The monoisotopic (exact) mass is 578 g/mol. The van der Waals surface area contributed by atoms with E-state index in [4.69, 9.17) is 31.9 Å². The Morgan fingerprint density at radius 1 is 0.605 bits per heavy atom. The third-order valence-corrected chi connectivity index (χ3v) is 8.50. The lowest BCUT2D eigenvalue weighted by Crippen LogP contribution is -2.06. The summed E-state index contributed by atoms with van der Waals surface area (Å²) in [6.45, 7) is 1.20. The molecule has 2 N–H and O–H groups in total. The smallest absolute Gasteiger partial charge is 0.338 e. The van der Waals surface area contributed by atoms with Crippen LogP contribution in [0.15, 0.2) is 48.5 Å². The third kappa shape index (κ3) is 13.8. The zero-order valence-corrected chi connectivity index (χ0v) is 24.2. The number of hydrogen-bond acceptors (Lipinski definition) is 9. The third-order valence-electron chi connectivity index (χ3n) is 5.66. The largest absolute Gasteiger partial charge is 0.462 e. The Morgan fingerprint density at radius 2 is 0.974 bits per heavy atom. The van der Waals surface area contributed by atoms with E-state index in [9.17, 15) is 9.59 Å². The van der Waals surface area contributed by atoms with Gasteiger partial charge in [0, 0.05) is 24.7 Å². The number of thiocarbonyl (C=S) groups is 1. The SMILES string of the molecule is O=C(OCCCCCCO)c1ccc(CSC(=S)SCc2ccc(C(=O)OCCCCCCO)cc2)cc1. The van der Waals surface area contributed by atoms with Gasteiger partial charge in [-0.25, -0.2) is 9.59 Å². The van der Waals surface area contributed by atoms with Crippen molar-refractivity contribution in [3.8, 4) is 0 Å². The molecule has 0 amide bonds. The summed E-state index contributed by atoms with van der Waals surface area (Å²) in [5, 5.41) is 17.6. The number of carbonyl (C=O) groups excluding carboxylic acids is 2. The fourth-order valence-electron chi connectivity index (χ4n) is 3.43. The Morgan fingerprint density at radius 3 is 1.34 bits per heavy atom. The second-order valence-electron chi connectivity index (χ2n) is 8.77. The molecule has 0 heterocycles. The molecule has 0 saturated carbocycles. The molecule has 0 unspecified atom stereocenters. The van der Waals surface area contributed by atoms with Crippen molar-refractivity contribution >= 4 is 51.2 Å². The van der Waals surface area contributed by atoms with Gasteiger partial charge in [-0.15, -0.1) is 23.5 Å². The Kier molecular flexibility index (Phi) is 17.1. The maximum Gasteiger partial charge on any atom is 0.338 e. The van der Waals surface area contributed by atoms with E-state index in [1.165, 1.54) is 0 Å². The number of aliphatic hydroxyl groups excluding tert-OH is 2. The zero-order valence-electron chi connectivity index (χ0n) is 21.8. The number of thioether (sulfide) groups is 2. The van der Waals surface area contributed by atoms with Crippen LogP contribution < -0.4 is 0 Å². The predicted molar refractivity (Wildman–Crippen MR) is 160 cm³/mol. The van der Waals surface area contributed by atoms with E-state index in [2.05, 4.69) is 0 Å². The Balaban J connectivity index is 1.63. The van der Waals surface area contributed by atoms with Crippen LogP contribution >= 0.6 is 35.7 Å². The van der Waals surface area contributed by atoms with Crippen LogP contribution in [0.3, 0.4) is 0 Å². The fourth-order valence-corrected chi connectivity index (χ4v) is 5.43. The van der Waals surface area contributed by atoms with Crippen LogP contribution in [0.5, 0.6) is 0 Å². The predicted octanol–water partition coefficient (Wildman–Crippen LogP) is 6.56. The molecular formula is C29H38O6S3. The highest BCUT2D eigenvalue weighted by atomic mass is 32.2. The van der Waals surface area contributed by atoms with Gasteiger partial charge in [0.2, 0.25) is 0 Å². The summed E-state index contributed by atoms with van der Waals surface area (Å²) < 4.78 is 11.5. The molecule has 0 fully saturated rings. The highest BCUT2D eigenvalue weighted by molar-refractivity contribution is 8.46. The van der Waals surface area contributed by atoms with Crippen LogP contribution in [-0.2, 0) is 21.0 Å². The fraction of sp³-hybridized carbons (Fsp3) is 0.483. The summed E-state index contributed by atoms with van der Waals surface area (Å²) in [6.07, 6.45) is 6.95. The molecule has 208 valence electrons. The Hall–Kier alpha value is -1.91. The minimum absolute atomic E-state index is 0.204. The maximum absolute atomic E-state index is 12.2. The summed E-state index contributed by atoms with van der Waals surface area (Å²) >= 11 is 8.67. The molecule has 2 aromatic carbocycles. The van der Waals surface area contributed by atoms with Crippen LogP contribution in [0.1, 0.15) is 83.2 Å². The van der Waals surface area contributed by atoms with Gasteiger partial charge in [-0.3, -0.25) is 0 Å². The van der Waals surface area contributed by atoms with E-state index in [0.717, 1.165) is 77.5 Å². The van der Waals surface area contributed by atoms with Crippen molar-refractivity contribution in [1.29, 1.82) is 0 Å².